The van der Waals surface area contributed by atoms with Crippen LogP contribution < -0.4 is 4.74 Å². The molecule has 1 unspecified atom stereocenters. The predicted octanol–water partition coefficient (Wildman–Crippen LogP) is 2.52. The fourth-order valence-electron chi connectivity index (χ4n) is 2.33. The van der Waals surface area contributed by atoms with Crippen molar-refractivity contribution in [2.75, 3.05) is 26.3 Å². The van der Waals surface area contributed by atoms with Gasteiger partial charge in [-0.3, -0.25) is 9.69 Å². The van der Waals surface area contributed by atoms with Gasteiger partial charge in [0.25, 0.3) is 0 Å². The molecule has 5 heteroatoms. The first-order chi connectivity index (χ1) is 9.97. The molecule has 4 nitrogen and oxygen atoms in total. The first-order valence-electron chi connectivity index (χ1n) is 7.26. The van der Waals surface area contributed by atoms with Crippen LogP contribution in [0.3, 0.4) is 0 Å². The number of hydrogen-bond donors (Lipinski definition) is 0. The number of nitrogens with zero attached hydrogens (tertiary/aromatic N) is 1. The van der Waals surface area contributed by atoms with Crippen LogP contribution in [0.5, 0.6) is 5.75 Å². The van der Waals surface area contributed by atoms with Gasteiger partial charge in [0.15, 0.2) is 17.3 Å². The third-order valence-electron chi connectivity index (χ3n) is 3.66. The second kappa shape index (κ2) is 7.00. The number of rotatable bonds is 5. The number of ketones is 1. The van der Waals surface area contributed by atoms with Gasteiger partial charge in [0.05, 0.1) is 6.61 Å². The standard InChI is InChI=1S/C16H22FNO3/c1-11(2)18-6-7-20-14(9-18)10-21-16-5-4-13(12(3)19)8-15(16)17/h4-5,8,11,14H,6-7,9-10H2,1-3H3. The lowest BCUT2D eigenvalue weighted by Gasteiger charge is -2.35. The number of carbonyl (C=O) groups is 1. The summed E-state index contributed by atoms with van der Waals surface area (Å²) in [5, 5.41) is 0. The van der Waals surface area contributed by atoms with Crippen LogP contribution in [-0.4, -0.2) is 49.1 Å². The minimum absolute atomic E-state index is 0.0620. The number of ether oxygens (including phenoxy) is 2. The highest BCUT2D eigenvalue weighted by molar-refractivity contribution is 5.94. The van der Waals surface area contributed by atoms with E-state index in [9.17, 15) is 9.18 Å². The lowest BCUT2D eigenvalue weighted by Crippen LogP contribution is -2.47. The van der Waals surface area contributed by atoms with Crippen molar-refractivity contribution in [1.82, 2.24) is 4.90 Å². The minimum atomic E-state index is -0.515. The molecule has 1 aliphatic heterocycles. The van der Waals surface area contributed by atoms with E-state index in [1.807, 2.05) is 0 Å². The predicted molar refractivity (Wildman–Crippen MR) is 78.3 cm³/mol. The van der Waals surface area contributed by atoms with Gasteiger partial charge in [-0.2, -0.15) is 0 Å². The van der Waals surface area contributed by atoms with Crippen LogP contribution in [0.25, 0.3) is 0 Å². The van der Waals surface area contributed by atoms with Crippen molar-refractivity contribution >= 4 is 5.78 Å². The molecule has 0 aliphatic carbocycles. The van der Waals surface area contributed by atoms with E-state index in [1.54, 1.807) is 6.07 Å². The summed E-state index contributed by atoms with van der Waals surface area (Å²) in [6, 6.07) is 4.74. The number of morpholine rings is 1. The molecule has 0 spiro atoms. The molecule has 1 aromatic carbocycles. The van der Waals surface area contributed by atoms with Crippen molar-refractivity contribution in [3.05, 3.63) is 29.6 Å². The number of Topliss-reactive ketones (excluding diaryl/α,β-unsaturated/α-hetero) is 1. The van der Waals surface area contributed by atoms with Crippen LogP contribution in [0.4, 0.5) is 4.39 Å². The van der Waals surface area contributed by atoms with E-state index in [-0.39, 0.29) is 17.6 Å². The maximum Gasteiger partial charge on any atom is 0.165 e. The molecule has 0 bridgehead atoms. The van der Waals surface area contributed by atoms with E-state index in [2.05, 4.69) is 18.7 Å². The molecule has 0 saturated carbocycles. The Bertz CT molecular complexity index is 504. The van der Waals surface area contributed by atoms with E-state index in [0.717, 1.165) is 13.1 Å². The van der Waals surface area contributed by atoms with E-state index < -0.39 is 5.82 Å². The fraction of sp³-hybridized carbons (Fsp3) is 0.562. The maximum atomic E-state index is 13.8. The first-order valence-corrected chi connectivity index (χ1v) is 7.26. The van der Waals surface area contributed by atoms with Crippen molar-refractivity contribution in [1.29, 1.82) is 0 Å². The van der Waals surface area contributed by atoms with Crippen LogP contribution in [0.1, 0.15) is 31.1 Å². The molecule has 1 saturated heterocycles. The van der Waals surface area contributed by atoms with Crippen molar-refractivity contribution in [3.63, 3.8) is 0 Å². The fourth-order valence-corrected chi connectivity index (χ4v) is 2.33. The van der Waals surface area contributed by atoms with Gasteiger partial charge < -0.3 is 9.47 Å². The number of hydrogen-bond acceptors (Lipinski definition) is 4. The molecule has 1 heterocycles. The summed E-state index contributed by atoms with van der Waals surface area (Å²) in [4.78, 5) is 13.5. The number of halogens is 1. The quantitative estimate of drug-likeness (QED) is 0.783. The van der Waals surface area contributed by atoms with Crippen molar-refractivity contribution in [3.8, 4) is 5.75 Å². The summed E-state index contributed by atoms with van der Waals surface area (Å²) in [6.45, 7) is 8.36. The molecule has 1 fully saturated rings. The molecule has 0 aromatic heterocycles. The highest BCUT2D eigenvalue weighted by atomic mass is 19.1. The van der Waals surface area contributed by atoms with Crippen LogP contribution in [-0.2, 0) is 4.74 Å². The largest absolute Gasteiger partial charge is 0.488 e. The van der Waals surface area contributed by atoms with Gasteiger partial charge in [0.1, 0.15) is 12.7 Å². The van der Waals surface area contributed by atoms with E-state index in [1.165, 1.54) is 19.1 Å². The summed E-state index contributed by atoms with van der Waals surface area (Å²) < 4.78 is 25.0. The van der Waals surface area contributed by atoms with Gasteiger partial charge in [-0.05, 0) is 39.0 Å². The van der Waals surface area contributed by atoms with Gasteiger partial charge in [-0.25, -0.2) is 4.39 Å². The average Bonchev–Trinajstić information content (AvgIpc) is 2.46. The molecular formula is C16H22FNO3. The summed E-state index contributed by atoms with van der Waals surface area (Å²) in [5.41, 5.74) is 0.347. The molecular weight excluding hydrogens is 273 g/mol. The van der Waals surface area contributed by atoms with Crippen LogP contribution in [0.15, 0.2) is 18.2 Å². The average molecular weight is 295 g/mol. The minimum Gasteiger partial charge on any atom is -0.488 e. The molecule has 0 radical (unpaired) electrons. The molecule has 1 atom stereocenters. The Hall–Kier alpha value is -1.46. The SMILES string of the molecule is CC(=O)c1ccc(OCC2CN(C(C)C)CCO2)c(F)c1. The Kier molecular flexibility index (Phi) is 5.31. The van der Waals surface area contributed by atoms with E-state index in [4.69, 9.17) is 9.47 Å². The molecule has 116 valence electrons. The van der Waals surface area contributed by atoms with Gasteiger partial charge in [0, 0.05) is 24.7 Å². The third kappa shape index (κ3) is 4.25. The zero-order valence-corrected chi connectivity index (χ0v) is 12.8. The Morgan fingerprint density at radius 1 is 1.52 bits per heavy atom. The second-order valence-electron chi connectivity index (χ2n) is 5.59. The highest BCUT2D eigenvalue weighted by Crippen LogP contribution is 2.20. The number of carbonyl (C=O) groups excluding carboxylic acids is 1. The third-order valence-corrected chi connectivity index (χ3v) is 3.66. The Morgan fingerprint density at radius 3 is 2.90 bits per heavy atom. The topological polar surface area (TPSA) is 38.8 Å². The molecule has 21 heavy (non-hydrogen) atoms. The zero-order valence-electron chi connectivity index (χ0n) is 12.8. The second-order valence-corrected chi connectivity index (χ2v) is 5.59. The summed E-state index contributed by atoms with van der Waals surface area (Å²) in [6.07, 6.45) is -0.0620. The molecule has 0 N–H and O–H groups in total. The van der Waals surface area contributed by atoms with Crippen molar-refractivity contribution in [2.45, 2.75) is 32.9 Å². The van der Waals surface area contributed by atoms with Gasteiger partial charge in [-0.1, -0.05) is 0 Å². The van der Waals surface area contributed by atoms with Gasteiger partial charge in [0.2, 0.25) is 0 Å². The molecule has 1 aromatic rings. The summed E-state index contributed by atoms with van der Waals surface area (Å²) in [7, 11) is 0. The van der Waals surface area contributed by atoms with E-state index >= 15 is 0 Å². The van der Waals surface area contributed by atoms with Crippen LogP contribution >= 0.6 is 0 Å². The Labute approximate surface area is 124 Å². The Balaban J connectivity index is 1.92. The lowest BCUT2D eigenvalue weighted by molar-refractivity contribution is -0.0568. The van der Waals surface area contributed by atoms with Gasteiger partial charge >= 0.3 is 0 Å². The normalized spacial score (nSPS) is 19.8. The maximum absolute atomic E-state index is 13.8. The zero-order chi connectivity index (χ0) is 15.4. The van der Waals surface area contributed by atoms with Gasteiger partial charge in [-0.15, -0.1) is 0 Å². The van der Waals surface area contributed by atoms with Crippen molar-refractivity contribution < 1.29 is 18.7 Å². The summed E-state index contributed by atoms with van der Waals surface area (Å²) >= 11 is 0. The van der Waals surface area contributed by atoms with Crippen LogP contribution in [0, 0.1) is 5.82 Å². The van der Waals surface area contributed by atoms with Crippen LogP contribution in [0.2, 0.25) is 0 Å². The highest BCUT2D eigenvalue weighted by Gasteiger charge is 2.23. The molecule has 0 amide bonds. The smallest absolute Gasteiger partial charge is 0.165 e. The van der Waals surface area contributed by atoms with E-state index in [0.29, 0.717) is 24.8 Å². The summed E-state index contributed by atoms with van der Waals surface area (Å²) in [5.74, 6) is -0.520. The van der Waals surface area contributed by atoms with Crippen molar-refractivity contribution in [2.24, 2.45) is 0 Å². The monoisotopic (exact) mass is 295 g/mol. The first kappa shape index (κ1) is 15.9. The molecule has 2 rings (SSSR count). The Morgan fingerprint density at radius 2 is 2.29 bits per heavy atom. The number of benzene rings is 1. The lowest BCUT2D eigenvalue weighted by atomic mass is 10.1. The molecule has 1 aliphatic rings.